The van der Waals surface area contributed by atoms with E-state index in [0.717, 1.165) is 23.1 Å². The molecule has 0 aliphatic rings. The molecule has 3 heteroatoms. The molecular weight excluding hydrogens is 205 g/mol. The lowest BCUT2D eigenvalue weighted by molar-refractivity contribution is 0.436. The van der Waals surface area contributed by atoms with E-state index in [1.165, 1.54) is 6.07 Å². The summed E-state index contributed by atoms with van der Waals surface area (Å²) in [5, 5.41) is 4.02. The fourth-order valence-corrected chi connectivity index (χ4v) is 1.96. The fraction of sp³-hybridized carbons (Fsp3) is 0.385. The average Bonchev–Trinajstić information content (AvgIpc) is 2.71. The normalized spacial score (nSPS) is 13.2. The van der Waals surface area contributed by atoms with Gasteiger partial charge in [-0.1, -0.05) is 13.0 Å². The van der Waals surface area contributed by atoms with Crippen LogP contribution in [0, 0.1) is 12.7 Å². The molecule has 1 unspecified atom stereocenters. The highest BCUT2D eigenvalue weighted by atomic mass is 19.1. The second-order valence-corrected chi connectivity index (χ2v) is 4.01. The standard InChI is InChI=1S/C13H16FNO/c1-4-11(15-3)12-7-9-8(2)5-6-10(14)13(9)16-12/h5-7,11,15H,4H2,1-3H3. The predicted molar refractivity (Wildman–Crippen MR) is 63.0 cm³/mol. The highest BCUT2D eigenvalue weighted by Gasteiger charge is 2.15. The van der Waals surface area contributed by atoms with Crippen molar-refractivity contribution in [3.8, 4) is 0 Å². The Kier molecular flexibility index (Phi) is 2.97. The van der Waals surface area contributed by atoms with Gasteiger partial charge in [0, 0.05) is 5.39 Å². The summed E-state index contributed by atoms with van der Waals surface area (Å²) in [5.41, 5.74) is 1.40. The molecule has 1 aromatic carbocycles. The molecular formula is C13H16FNO. The van der Waals surface area contributed by atoms with Crippen LogP contribution < -0.4 is 5.32 Å². The molecule has 16 heavy (non-hydrogen) atoms. The Hall–Kier alpha value is -1.35. The first-order valence-electron chi connectivity index (χ1n) is 5.53. The fourth-order valence-electron chi connectivity index (χ4n) is 1.96. The molecule has 1 atom stereocenters. The molecule has 0 spiro atoms. The van der Waals surface area contributed by atoms with Crippen LogP contribution in [0.2, 0.25) is 0 Å². The minimum Gasteiger partial charge on any atom is -0.456 e. The number of benzene rings is 1. The number of hydrogen-bond donors (Lipinski definition) is 1. The summed E-state index contributed by atoms with van der Waals surface area (Å²) in [6.07, 6.45) is 0.914. The van der Waals surface area contributed by atoms with Gasteiger partial charge in [0.2, 0.25) is 0 Å². The zero-order valence-corrected chi connectivity index (χ0v) is 9.80. The van der Waals surface area contributed by atoms with Crippen LogP contribution in [-0.4, -0.2) is 7.05 Å². The summed E-state index contributed by atoms with van der Waals surface area (Å²) in [5.74, 6) is 0.506. The highest BCUT2D eigenvalue weighted by molar-refractivity contribution is 5.82. The zero-order chi connectivity index (χ0) is 11.7. The Labute approximate surface area is 94.4 Å². The van der Waals surface area contributed by atoms with Crippen molar-refractivity contribution in [2.45, 2.75) is 26.3 Å². The minimum absolute atomic E-state index is 0.145. The van der Waals surface area contributed by atoms with Crippen molar-refractivity contribution in [1.82, 2.24) is 5.32 Å². The smallest absolute Gasteiger partial charge is 0.170 e. The molecule has 0 radical (unpaired) electrons. The quantitative estimate of drug-likeness (QED) is 0.857. The summed E-state index contributed by atoms with van der Waals surface area (Å²) in [4.78, 5) is 0. The molecule has 1 heterocycles. The molecule has 1 N–H and O–H groups in total. The van der Waals surface area contributed by atoms with Crippen molar-refractivity contribution >= 4 is 11.0 Å². The minimum atomic E-state index is -0.294. The molecule has 86 valence electrons. The monoisotopic (exact) mass is 221 g/mol. The lowest BCUT2D eigenvalue weighted by Gasteiger charge is -2.09. The first kappa shape index (κ1) is 11.1. The average molecular weight is 221 g/mol. The van der Waals surface area contributed by atoms with E-state index in [1.54, 1.807) is 6.07 Å². The molecule has 0 saturated heterocycles. The Morgan fingerprint density at radius 2 is 2.19 bits per heavy atom. The Bertz CT molecular complexity index is 461. The number of hydrogen-bond acceptors (Lipinski definition) is 2. The molecule has 0 saturated carbocycles. The summed E-state index contributed by atoms with van der Waals surface area (Å²) < 4.78 is 19.1. The van der Waals surface area contributed by atoms with Crippen LogP contribution in [0.4, 0.5) is 4.39 Å². The van der Waals surface area contributed by atoms with Crippen LogP contribution in [0.3, 0.4) is 0 Å². The number of halogens is 1. The largest absolute Gasteiger partial charge is 0.456 e. The molecule has 1 aromatic heterocycles. The second-order valence-electron chi connectivity index (χ2n) is 4.01. The Morgan fingerprint density at radius 3 is 2.75 bits per heavy atom. The number of aryl methyl sites for hydroxylation is 1. The number of fused-ring (bicyclic) bond motifs is 1. The van der Waals surface area contributed by atoms with Crippen molar-refractivity contribution in [3.05, 3.63) is 35.3 Å². The van der Waals surface area contributed by atoms with Crippen LogP contribution in [-0.2, 0) is 0 Å². The molecule has 2 rings (SSSR count). The van der Waals surface area contributed by atoms with Gasteiger partial charge in [-0.05, 0) is 38.1 Å². The highest BCUT2D eigenvalue weighted by Crippen LogP contribution is 2.29. The summed E-state index contributed by atoms with van der Waals surface area (Å²) in [7, 11) is 1.88. The molecule has 0 aliphatic heterocycles. The van der Waals surface area contributed by atoms with Gasteiger partial charge < -0.3 is 9.73 Å². The van der Waals surface area contributed by atoms with Crippen LogP contribution >= 0.6 is 0 Å². The van der Waals surface area contributed by atoms with E-state index in [-0.39, 0.29) is 11.9 Å². The maximum absolute atomic E-state index is 13.5. The topological polar surface area (TPSA) is 25.2 Å². The first-order chi connectivity index (χ1) is 7.67. The number of rotatable bonds is 3. The third-order valence-electron chi connectivity index (χ3n) is 2.97. The van der Waals surface area contributed by atoms with Gasteiger partial charge in [-0.3, -0.25) is 0 Å². The molecule has 2 aromatic rings. The number of furan rings is 1. The lowest BCUT2D eigenvalue weighted by atomic mass is 10.1. The molecule has 0 amide bonds. The van der Waals surface area contributed by atoms with E-state index >= 15 is 0 Å². The van der Waals surface area contributed by atoms with Gasteiger partial charge in [-0.25, -0.2) is 4.39 Å². The van der Waals surface area contributed by atoms with Crippen LogP contribution in [0.1, 0.15) is 30.7 Å². The third kappa shape index (κ3) is 1.71. The van der Waals surface area contributed by atoms with Crippen molar-refractivity contribution in [3.63, 3.8) is 0 Å². The maximum Gasteiger partial charge on any atom is 0.170 e. The van der Waals surface area contributed by atoms with Gasteiger partial charge >= 0.3 is 0 Å². The van der Waals surface area contributed by atoms with Crippen LogP contribution in [0.15, 0.2) is 22.6 Å². The van der Waals surface area contributed by atoms with Crippen molar-refractivity contribution in [2.75, 3.05) is 7.05 Å². The maximum atomic E-state index is 13.5. The zero-order valence-electron chi connectivity index (χ0n) is 9.80. The van der Waals surface area contributed by atoms with Gasteiger partial charge in [-0.15, -0.1) is 0 Å². The SMILES string of the molecule is CCC(NC)c1cc2c(C)ccc(F)c2o1. The van der Waals surface area contributed by atoms with E-state index < -0.39 is 0 Å². The van der Waals surface area contributed by atoms with Crippen LogP contribution in [0.25, 0.3) is 11.0 Å². The van der Waals surface area contributed by atoms with Crippen molar-refractivity contribution in [2.24, 2.45) is 0 Å². The second kappa shape index (κ2) is 4.26. The third-order valence-corrected chi connectivity index (χ3v) is 2.97. The first-order valence-corrected chi connectivity index (χ1v) is 5.53. The van der Waals surface area contributed by atoms with Crippen molar-refractivity contribution in [1.29, 1.82) is 0 Å². The Balaban J connectivity index is 2.59. The predicted octanol–water partition coefficient (Wildman–Crippen LogP) is 3.55. The van der Waals surface area contributed by atoms with E-state index in [1.807, 2.05) is 20.0 Å². The van der Waals surface area contributed by atoms with Gasteiger partial charge in [0.25, 0.3) is 0 Å². The van der Waals surface area contributed by atoms with E-state index in [0.29, 0.717) is 5.58 Å². The molecule has 2 nitrogen and oxygen atoms in total. The molecule has 0 aliphatic carbocycles. The van der Waals surface area contributed by atoms with E-state index in [9.17, 15) is 4.39 Å². The van der Waals surface area contributed by atoms with E-state index in [4.69, 9.17) is 4.42 Å². The van der Waals surface area contributed by atoms with Gasteiger partial charge in [0.05, 0.1) is 6.04 Å². The number of nitrogens with one attached hydrogen (secondary N) is 1. The van der Waals surface area contributed by atoms with Gasteiger partial charge in [0.1, 0.15) is 5.76 Å². The van der Waals surface area contributed by atoms with Gasteiger partial charge in [0.15, 0.2) is 11.4 Å². The van der Waals surface area contributed by atoms with Crippen molar-refractivity contribution < 1.29 is 8.81 Å². The summed E-state index contributed by atoms with van der Waals surface area (Å²) >= 11 is 0. The molecule has 0 bridgehead atoms. The van der Waals surface area contributed by atoms with Crippen LogP contribution in [0.5, 0.6) is 0 Å². The Morgan fingerprint density at radius 1 is 1.44 bits per heavy atom. The lowest BCUT2D eigenvalue weighted by Crippen LogP contribution is -2.14. The molecule has 0 fully saturated rings. The van der Waals surface area contributed by atoms with E-state index in [2.05, 4.69) is 12.2 Å². The summed E-state index contributed by atoms with van der Waals surface area (Å²) in [6.45, 7) is 4.03. The van der Waals surface area contributed by atoms with Gasteiger partial charge in [-0.2, -0.15) is 0 Å². The summed E-state index contributed by atoms with van der Waals surface area (Å²) in [6, 6.07) is 5.30.